The minimum Gasteiger partial charge on any atom is -0.412 e. The average molecular weight is 180 g/mol. The van der Waals surface area contributed by atoms with Gasteiger partial charge in [0.1, 0.15) is 0 Å². The molecule has 0 radical (unpaired) electrons. The Hall–Kier alpha value is -0.860. The Bertz CT molecular complexity index is 229. The van der Waals surface area contributed by atoms with Crippen molar-refractivity contribution in [2.45, 2.75) is 25.4 Å². The molecule has 2 rings (SSSR count). The lowest BCUT2D eigenvalue weighted by atomic mass is 10.1. The number of rotatable bonds is 4. The number of aryl methyl sites for hydroxylation is 1. The molecular formula is C11H16O2. The molecule has 1 aliphatic rings. The van der Waals surface area contributed by atoms with Crippen LogP contribution in [0.4, 0.5) is 0 Å². The molecule has 1 heterocycles. The summed E-state index contributed by atoms with van der Waals surface area (Å²) >= 11 is 0. The first-order valence-electron chi connectivity index (χ1n) is 4.61. The number of hydrogen-bond acceptors (Lipinski definition) is 1. The summed E-state index contributed by atoms with van der Waals surface area (Å²) in [4.78, 5) is 0. The van der Waals surface area contributed by atoms with Crippen molar-refractivity contribution in [2.24, 2.45) is 0 Å². The summed E-state index contributed by atoms with van der Waals surface area (Å²) in [5, 5.41) is 0. The van der Waals surface area contributed by atoms with E-state index in [-0.39, 0.29) is 5.48 Å². The summed E-state index contributed by atoms with van der Waals surface area (Å²) in [6, 6.07) is 10.6. The molecule has 0 amide bonds. The smallest absolute Gasteiger partial charge is 0.0810 e. The second kappa shape index (κ2) is 5.00. The van der Waals surface area contributed by atoms with Crippen LogP contribution in [-0.2, 0) is 11.2 Å². The van der Waals surface area contributed by atoms with Crippen molar-refractivity contribution in [3.8, 4) is 0 Å². The highest BCUT2D eigenvalue weighted by Crippen LogP contribution is 2.16. The van der Waals surface area contributed by atoms with Crippen LogP contribution in [-0.4, -0.2) is 18.2 Å². The number of ether oxygens (including phenoxy) is 1. The predicted molar refractivity (Wildman–Crippen MR) is 52.7 cm³/mol. The number of benzene rings is 1. The lowest BCUT2D eigenvalue weighted by Gasteiger charge is -1.98. The van der Waals surface area contributed by atoms with Gasteiger partial charge in [0, 0.05) is 0 Å². The van der Waals surface area contributed by atoms with E-state index >= 15 is 0 Å². The monoisotopic (exact) mass is 180 g/mol. The van der Waals surface area contributed by atoms with E-state index < -0.39 is 0 Å². The van der Waals surface area contributed by atoms with Gasteiger partial charge in [0.25, 0.3) is 0 Å². The zero-order valence-corrected chi connectivity index (χ0v) is 7.70. The van der Waals surface area contributed by atoms with Gasteiger partial charge in [-0.3, -0.25) is 0 Å². The molecule has 1 aromatic carbocycles. The largest absolute Gasteiger partial charge is 0.412 e. The Morgan fingerprint density at radius 3 is 2.54 bits per heavy atom. The lowest BCUT2D eigenvalue weighted by Crippen LogP contribution is -1.89. The van der Waals surface area contributed by atoms with E-state index in [2.05, 4.69) is 30.3 Å². The third-order valence-corrected chi connectivity index (χ3v) is 2.24. The summed E-state index contributed by atoms with van der Waals surface area (Å²) in [5.74, 6) is 0. The Labute approximate surface area is 78.8 Å². The molecule has 13 heavy (non-hydrogen) atoms. The molecule has 2 heteroatoms. The first-order valence-corrected chi connectivity index (χ1v) is 4.61. The first-order chi connectivity index (χ1) is 5.95. The minimum atomic E-state index is 0. The fourth-order valence-electron chi connectivity index (χ4n) is 1.41. The van der Waals surface area contributed by atoms with Gasteiger partial charge in [0.05, 0.1) is 12.7 Å². The quantitative estimate of drug-likeness (QED) is 0.649. The summed E-state index contributed by atoms with van der Waals surface area (Å²) in [6.07, 6.45) is 4.28. The van der Waals surface area contributed by atoms with Crippen LogP contribution >= 0.6 is 0 Å². The molecule has 0 aliphatic carbocycles. The van der Waals surface area contributed by atoms with Crippen LogP contribution in [0.3, 0.4) is 0 Å². The van der Waals surface area contributed by atoms with E-state index in [0.717, 1.165) is 6.61 Å². The Balaban J connectivity index is 0.000000845. The van der Waals surface area contributed by atoms with Gasteiger partial charge in [0.2, 0.25) is 0 Å². The van der Waals surface area contributed by atoms with E-state index in [9.17, 15) is 0 Å². The highest BCUT2D eigenvalue weighted by molar-refractivity contribution is 5.14. The maximum Gasteiger partial charge on any atom is 0.0810 e. The third kappa shape index (κ3) is 3.57. The van der Waals surface area contributed by atoms with Crippen molar-refractivity contribution in [3.05, 3.63) is 35.9 Å². The molecule has 1 unspecified atom stereocenters. The standard InChI is InChI=1S/C11H14O.H2O/c1-2-5-10(6-3-1)7-4-8-11-9-12-11;/h1-3,5-6,11H,4,7-9H2;1H2. The molecule has 2 N–H and O–H groups in total. The highest BCUT2D eigenvalue weighted by Gasteiger charge is 2.20. The van der Waals surface area contributed by atoms with E-state index in [1.807, 2.05) is 0 Å². The van der Waals surface area contributed by atoms with Gasteiger partial charge in [-0.2, -0.15) is 0 Å². The molecular weight excluding hydrogens is 164 g/mol. The fourth-order valence-corrected chi connectivity index (χ4v) is 1.41. The molecule has 1 saturated heterocycles. The van der Waals surface area contributed by atoms with Crippen LogP contribution in [0.25, 0.3) is 0 Å². The molecule has 1 aliphatic heterocycles. The Morgan fingerprint density at radius 2 is 1.92 bits per heavy atom. The summed E-state index contributed by atoms with van der Waals surface area (Å²) in [6.45, 7) is 0.995. The summed E-state index contributed by atoms with van der Waals surface area (Å²) < 4.78 is 5.15. The van der Waals surface area contributed by atoms with E-state index in [1.165, 1.54) is 24.8 Å². The van der Waals surface area contributed by atoms with E-state index in [4.69, 9.17) is 4.74 Å². The van der Waals surface area contributed by atoms with Crippen molar-refractivity contribution in [1.82, 2.24) is 0 Å². The van der Waals surface area contributed by atoms with Crippen molar-refractivity contribution in [3.63, 3.8) is 0 Å². The lowest BCUT2D eigenvalue weighted by molar-refractivity contribution is 0.392. The van der Waals surface area contributed by atoms with Crippen molar-refractivity contribution in [1.29, 1.82) is 0 Å². The predicted octanol–water partition coefficient (Wildman–Crippen LogP) is 1.58. The average Bonchev–Trinajstić information content (AvgIpc) is 2.90. The molecule has 1 fully saturated rings. The molecule has 0 saturated carbocycles. The van der Waals surface area contributed by atoms with Crippen LogP contribution < -0.4 is 0 Å². The van der Waals surface area contributed by atoms with Crippen LogP contribution in [0.5, 0.6) is 0 Å². The fraction of sp³-hybridized carbons (Fsp3) is 0.455. The zero-order chi connectivity index (χ0) is 8.23. The maximum atomic E-state index is 5.15. The van der Waals surface area contributed by atoms with Gasteiger partial charge >= 0.3 is 0 Å². The Morgan fingerprint density at radius 1 is 1.23 bits per heavy atom. The van der Waals surface area contributed by atoms with Crippen molar-refractivity contribution < 1.29 is 10.2 Å². The molecule has 1 atom stereocenters. The Kier molecular flexibility index (Phi) is 3.93. The molecule has 2 nitrogen and oxygen atoms in total. The number of hydrogen-bond donors (Lipinski definition) is 0. The zero-order valence-electron chi connectivity index (χ0n) is 7.70. The van der Waals surface area contributed by atoms with Crippen LogP contribution in [0.15, 0.2) is 30.3 Å². The summed E-state index contributed by atoms with van der Waals surface area (Å²) in [5.41, 5.74) is 1.44. The molecule has 72 valence electrons. The first kappa shape index (κ1) is 10.2. The van der Waals surface area contributed by atoms with Gasteiger partial charge in [-0.15, -0.1) is 0 Å². The van der Waals surface area contributed by atoms with Gasteiger partial charge in [0.15, 0.2) is 0 Å². The van der Waals surface area contributed by atoms with E-state index in [1.54, 1.807) is 0 Å². The second-order valence-corrected chi connectivity index (χ2v) is 3.33. The third-order valence-electron chi connectivity index (χ3n) is 2.24. The van der Waals surface area contributed by atoms with Gasteiger partial charge < -0.3 is 10.2 Å². The number of epoxide rings is 1. The molecule has 0 bridgehead atoms. The van der Waals surface area contributed by atoms with Gasteiger partial charge in [-0.05, 0) is 24.8 Å². The SMILES string of the molecule is O.c1ccc(CCCC2CO2)cc1. The van der Waals surface area contributed by atoms with E-state index in [0.29, 0.717) is 6.10 Å². The van der Waals surface area contributed by atoms with Gasteiger partial charge in [-0.25, -0.2) is 0 Å². The normalized spacial score (nSPS) is 19.2. The van der Waals surface area contributed by atoms with Crippen molar-refractivity contribution in [2.75, 3.05) is 6.61 Å². The maximum absolute atomic E-state index is 5.15. The van der Waals surface area contributed by atoms with Crippen LogP contribution in [0.2, 0.25) is 0 Å². The minimum absolute atomic E-state index is 0. The summed E-state index contributed by atoms with van der Waals surface area (Å²) in [7, 11) is 0. The molecule has 0 aromatic heterocycles. The van der Waals surface area contributed by atoms with Crippen molar-refractivity contribution >= 4 is 0 Å². The van der Waals surface area contributed by atoms with Gasteiger partial charge in [-0.1, -0.05) is 30.3 Å². The highest BCUT2D eigenvalue weighted by atomic mass is 16.6. The van der Waals surface area contributed by atoms with Crippen LogP contribution in [0, 0.1) is 0 Å². The molecule has 0 spiro atoms. The topological polar surface area (TPSA) is 44.0 Å². The molecule has 1 aromatic rings. The van der Waals surface area contributed by atoms with Crippen LogP contribution in [0.1, 0.15) is 18.4 Å². The second-order valence-electron chi connectivity index (χ2n) is 3.33.